The molecule has 1 nitrogen and oxygen atoms in total. The van der Waals surface area contributed by atoms with Crippen molar-refractivity contribution in [2.24, 2.45) is 0 Å². The molecule has 108 valence electrons. The minimum Gasteiger partial charge on any atom is -0.309 e. The topological polar surface area (TPSA) is 12.0 Å². The van der Waals surface area contributed by atoms with E-state index < -0.39 is 11.6 Å². The normalized spacial score (nSPS) is 13.6. The average Bonchev–Trinajstić information content (AvgIpc) is 2.30. The van der Waals surface area contributed by atoms with Crippen molar-refractivity contribution in [3.05, 3.63) is 33.8 Å². The van der Waals surface area contributed by atoms with E-state index in [1.54, 1.807) is 11.8 Å². The van der Waals surface area contributed by atoms with Gasteiger partial charge in [0.15, 0.2) is 0 Å². The monoisotopic (exact) mass is 351 g/mol. The highest BCUT2D eigenvalue weighted by Gasteiger charge is 2.23. The Morgan fingerprint density at radius 2 is 1.95 bits per heavy atom. The van der Waals surface area contributed by atoms with Gasteiger partial charge >= 0.3 is 0 Å². The van der Waals surface area contributed by atoms with Crippen molar-refractivity contribution in [3.8, 4) is 0 Å². The molecule has 5 heteroatoms. The van der Waals surface area contributed by atoms with Crippen molar-refractivity contribution >= 4 is 27.7 Å². The second-order valence-corrected chi connectivity index (χ2v) is 7.99. The van der Waals surface area contributed by atoms with Crippen LogP contribution in [0.5, 0.6) is 0 Å². The van der Waals surface area contributed by atoms with Crippen molar-refractivity contribution in [1.29, 1.82) is 0 Å². The summed E-state index contributed by atoms with van der Waals surface area (Å²) in [4.78, 5) is 0. The number of nitrogens with one attached hydrogen (secondary N) is 1. The first kappa shape index (κ1) is 16.9. The Morgan fingerprint density at radius 1 is 1.32 bits per heavy atom. The lowest BCUT2D eigenvalue weighted by molar-refractivity contribution is 0.496. The van der Waals surface area contributed by atoms with Gasteiger partial charge in [0.25, 0.3) is 0 Å². The number of hydrogen-bond acceptors (Lipinski definition) is 2. The number of hydrogen-bond donors (Lipinski definition) is 1. The summed E-state index contributed by atoms with van der Waals surface area (Å²) in [7, 11) is 0. The largest absolute Gasteiger partial charge is 0.309 e. The van der Waals surface area contributed by atoms with E-state index in [2.05, 4.69) is 42.0 Å². The van der Waals surface area contributed by atoms with Crippen LogP contribution < -0.4 is 5.32 Å². The highest BCUT2D eigenvalue weighted by molar-refractivity contribution is 9.10. The van der Waals surface area contributed by atoms with Crippen LogP contribution in [0.25, 0.3) is 0 Å². The molecule has 0 saturated carbocycles. The van der Waals surface area contributed by atoms with Gasteiger partial charge in [-0.15, -0.1) is 0 Å². The van der Waals surface area contributed by atoms with Gasteiger partial charge in [-0.05, 0) is 34.6 Å². The fourth-order valence-electron chi connectivity index (χ4n) is 1.69. The third-order valence-corrected chi connectivity index (χ3v) is 4.54. The van der Waals surface area contributed by atoms with Gasteiger partial charge in [-0.25, -0.2) is 8.78 Å². The Morgan fingerprint density at radius 3 is 2.47 bits per heavy atom. The van der Waals surface area contributed by atoms with E-state index in [4.69, 9.17) is 0 Å². The van der Waals surface area contributed by atoms with Crippen molar-refractivity contribution < 1.29 is 8.78 Å². The molecule has 0 bridgehead atoms. The molecule has 0 spiro atoms. The molecule has 19 heavy (non-hydrogen) atoms. The number of halogens is 3. The maximum atomic E-state index is 14.1. The molecule has 0 aliphatic heterocycles. The Balaban J connectivity index is 3.02. The van der Waals surface area contributed by atoms with Gasteiger partial charge in [0.2, 0.25) is 0 Å². The molecule has 1 N–H and O–H groups in total. The van der Waals surface area contributed by atoms with Gasteiger partial charge in [0.1, 0.15) is 11.6 Å². The van der Waals surface area contributed by atoms with E-state index in [1.165, 1.54) is 12.1 Å². The first-order chi connectivity index (χ1) is 8.76. The number of thioether (sulfide) groups is 1. The van der Waals surface area contributed by atoms with Crippen LogP contribution in [0.3, 0.4) is 0 Å². The second kappa shape index (κ2) is 7.04. The molecule has 1 aromatic carbocycles. The first-order valence-corrected chi connectivity index (χ1v) is 8.05. The van der Waals surface area contributed by atoms with E-state index in [9.17, 15) is 8.78 Å². The summed E-state index contributed by atoms with van der Waals surface area (Å²) in [5, 5.41) is 3.16. The SMILES string of the molecule is CCNC(CSC(C)(C)C)c1c(F)ccc(Br)c1F. The third kappa shape index (κ3) is 5.04. The second-order valence-electron chi connectivity index (χ2n) is 5.29. The molecule has 0 amide bonds. The van der Waals surface area contributed by atoms with Crippen LogP contribution in [0.15, 0.2) is 16.6 Å². The lowest BCUT2D eigenvalue weighted by Crippen LogP contribution is -2.27. The predicted molar refractivity (Wildman–Crippen MR) is 82.7 cm³/mol. The summed E-state index contributed by atoms with van der Waals surface area (Å²) in [5.74, 6) is -0.386. The average molecular weight is 352 g/mol. The van der Waals surface area contributed by atoms with E-state index in [1.807, 2.05) is 6.92 Å². The van der Waals surface area contributed by atoms with Crippen LogP contribution in [0.4, 0.5) is 8.78 Å². The third-order valence-electron chi connectivity index (χ3n) is 2.56. The molecule has 0 fully saturated rings. The molecule has 0 saturated heterocycles. The molecule has 0 aliphatic carbocycles. The summed E-state index contributed by atoms with van der Waals surface area (Å²) >= 11 is 4.80. The van der Waals surface area contributed by atoms with E-state index in [0.717, 1.165) is 0 Å². The van der Waals surface area contributed by atoms with Crippen molar-refractivity contribution in [2.45, 2.75) is 38.5 Å². The van der Waals surface area contributed by atoms with Gasteiger partial charge in [-0.1, -0.05) is 27.7 Å². The van der Waals surface area contributed by atoms with Crippen LogP contribution in [0, 0.1) is 11.6 Å². The van der Waals surface area contributed by atoms with Gasteiger partial charge < -0.3 is 5.32 Å². The summed E-state index contributed by atoms with van der Waals surface area (Å²) in [5.41, 5.74) is 0.118. The molecule has 0 radical (unpaired) electrons. The van der Waals surface area contributed by atoms with Crippen molar-refractivity contribution in [1.82, 2.24) is 5.32 Å². The Hall–Kier alpha value is -0.130. The quantitative estimate of drug-likeness (QED) is 0.756. The Labute approximate surface area is 126 Å². The van der Waals surface area contributed by atoms with Crippen molar-refractivity contribution in [3.63, 3.8) is 0 Å². The first-order valence-electron chi connectivity index (χ1n) is 6.27. The summed E-state index contributed by atoms with van der Waals surface area (Å²) < 4.78 is 28.4. The molecule has 1 rings (SSSR count). The molecule has 1 unspecified atom stereocenters. The van der Waals surface area contributed by atoms with E-state index in [-0.39, 0.29) is 16.4 Å². The van der Waals surface area contributed by atoms with Crippen LogP contribution in [0.1, 0.15) is 39.3 Å². The zero-order valence-electron chi connectivity index (χ0n) is 11.7. The lowest BCUT2D eigenvalue weighted by Gasteiger charge is -2.24. The van der Waals surface area contributed by atoms with Gasteiger partial charge in [-0.3, -0.25) is 0 Å². The summed E-state index contributed by atoms with van der Waals surface area (Å²) in [6.07, 6.45) is 0. The van der Waals surface area contributed by atoms with Crippen LogP contribution >= 0.6 is 27.7 Å². The fourth-order valence-corrected chi connectivity index (χ4v) is 2.98. The zero-order chi connectivity index (χ0) is 14.6. The molecular weight excluding hydrogens is 332 g/mol. The molecule has 0 aliphatic rings. The van der Waals surface area contributed by atoms with Crippen LogP contribution in [-0.2, 0) is 0 Å². The summed E-state index contributed by atoms with van der Waals surface area (Å²) in [6.45, 7) is 8.88. The maximum absolute atomic E-state index is 14.1. The van der Waals surface area contributed by atoms with Crippen LogP contribution in [-0.4, -0.2) is 17.0 Å². The minimum absolute atomic E-state index is 0.0621. The molecule has 1 atom stereocenters. The van der Waals surface area contributed by atoms with Crippen LogP contribution in [0.2, 0.25) is 0 Å². The van der Waals surface area contributed by atoms with Gasteiger partial charge in [-0.2, -0.15) is 11.8 Å². The minimum atomic E-state index is -0.513. The van der Waals surface area contributed by atoms with E-state index in [0.29, 0.717) is 16.8 Å². The molecule has 0 aromatic heterocycles. The highest BCUT2D eigenvalue weighted by Crippen LogP contribution is 2.32. The zero-order valence-corrected chi connectivity index (χ0v) is 14.1. The Bertz CT molecular complexity index is 432. The van der Waals surface area contributed by atoms with Crippen molar-refractivity contribution in [2.75, 3.05) is 12.3 Å². The number of benzene rings is 1. The fraction of sp³-hybridized carbons (Fsp3) is 0.571. The molecular formula is C14H20BrF2NS. The smallest absolute Gasteiger partial charge is 0.145 e. The van der Waals surface area contributed by atoms with Gasteiger partial charge in [0.05, 0.1) is 4.47 Å². The van der Waals surface area contributed by atoms with E-state index >= 15 is 0 Å². The molecule has 0 heterocycles. The standard InChI is InChI=1S/C14H20BrF2NS/c1-5-18-11(8-19-14(2,3)4)12-10(16)7-6-9(15)13(12)17/h6-7,11,18H,5,8H2,1-4H3. The predicted octanol–water partition coefficient (Wildman–Crippen LogP) is 4.91. The maximum Gasteiger partial charge on any atom is 0.145 e. The summed E-state index contributed by atoms with van der Waals surface area (Å²) in [6, 6.07) is 2.37. The highest BCUT2D eigenvalue weighted by atomic mass is 79.9. The number of rotatable bonds is 5. The lowest BCUT2D eigenvalue weighted by atomic mass is 10.1. The van der Waals surface area contributed by atoms with Gasteiger partial charge in [0, 0.05) is 22.1 Å². The Kier molecular flexibility index (Phi) is 6.27. The molecule has 1 aromatic rings.